The molecule has 0 saturated carbocycles. The van der Waals surface area contributed by atoms with E-state index in [0.717, 1.165) is 15.7 Å². The number of hydrogen-bond acceptors (Lipinski definition) is 2. The highest BCUT2D eigenvalue weighted by Crippen LogP contribution is 2.21. The molecule has 3 aromatic rings. The molecule has 0 bridgehead atoms. The minimum Gasteiger partial charge on any atom is -0.304 e. The van der Waals surface area contributed by atoms with Gasteiger partial charge in [0, 0.05) is 22.6 Å². The molecule has 23 heavy (non-hydrogen) atoms. The SMILES string of the molecule is O=C(c1cncc(Br)c1)N(Cc1ccccc1)c1ccccc1. The molecule has 0 saturated heterocycles. The van der Waals surface area contributed by atoms with Gasteiger partial charge in [-0.1, -0.05) is 48.5 Å². The van der Waals surface area contributed by atoms with Gasteiger partial charge >= 0.3 is 0 Å². The molecule has 1 amide bonds. The number of nitrogens with zero attached hydrogens (tertiary/aromatic N) is 2. The molecule has 0 aliphatic rings. The van der Waals surface area contributed by atoms with Gasteiger partial charge in [0.1, 0.15) is 0 Å². The summed E-state index contributed by atoms with van der Waals surface area (Å²) in [6.45, 7) is 0.510. The van der Waals surface area contributed by atoms with Crippen molar-refractivity contribution in [1.29, 1.82) is 0 Å². The average molecular weight is 367 g/mol. The number of aromatic nitrogens is 1. The van der Waals surface area contributed by atoms with E-state index in [0.29, 0.717) is 12.1 Å². The van der Waals surface area contributed by atoms with Gasteiger partial charge < -0.3 is 4.90 Å². The molecule has 114 valence electrons. The molecule has 0 fully saturated rings. The van der Waals surface area contributed by atoms with Gasteiger partial charge in [0.25, 0.3) is 5.91 Å². The van der Waals surface area contributed by atoms with Crippen molar-refractivity contribution < 1.29 is 4.79 Å². The largest absolute Gasteiger partial charge is 0.304 e. The van der Waals surface area contributed by atoms with Crippen LogP contribution in [0.1, 0.15) is 15.9 Å². The lowest BCUT2D eigenvalue weighted by molar-refractivity contribution is 0.0984. The summed E-state index contributed by atoms with van der Waals surface area (Å²) in [5.41, 5.74) is 2.49. The maximum atomic E-state index is 13.0. The van der Waals surface area contributed by atoms with Crippen LogP contribution in [0.3, 0.4) is 0 Å². The molecule has 2 aromatic carbocycles. The molecule has 0 unspecified atom stereocenters. The highest BCUT2D eigenvalue weighted by Gasteiger charge is 2.18. The van der Waals surface area contributed by atoms with E-state index in [4.69, 9.17) is 0 Å². The number of carbonyl (C=O) groups is 1. The summed E-state index contributed by atoms with van der Waals surface area (Å²) in [5, 5.41) is 0. The molecule has 4 heteroatoms. The van der Waals surface area contributed by atoms with Gasteiger partial charge in [-0.2, -0.15) is 0 Å². The Labute approximate surface area is 143 Å². The third-order valence-electron chi connectivity index (χ3n) is 3.45. The minimum atomic E-state index is -0.0751. The fraction of sp³-hybridized carbons (Fsp3) is 0.0526. The van der Waals surface area contributed by atoms with Crippen molar-refractivity contribution in [3.05, 3.63) is 94.7 Å². The van der Waals surface area contributed by atoms with Crippen LogP contribution in [0.15, 0.2) is 83.6 Å². The van der Waals surface area contributed by atoms with Crippen LogP contribution in [0.5, 0.6) is 0 Å². The third kappa shape index (κ3) is 3.85. The zero-order valence-corrected chi connectivity index (χ0v) is 14.0. The van der Waals surface area contributed by atoms with E-state index in [-0.39, 0.29) is 5.91 Å². The van der Waals surface area contributed by atoms with E-state index in [1.54, 1.807) is 23.4 Å². The van der Waals surface area contributed by atoms with Crippen molar-refractivity contribution in [2.75, 3.05) is 4.90 Å². The number of halogens is 1. The summed E-state index contributed by atoms with van der Waals surface area (Å²) in [7, 11) is 0. The molecule has 3 rings (SSSR count). The topological polar surface area (TPSA) is 33.2 Å². The molecule has 0 atom stereocenters. The molecule has 3 nitrogen and oxygen atoms in total. The van der Waals surface area contributed by atoms with Gasteiger partial charge in [-0.05, 0) is 39.7 Å². The Hall–Kier alpha value is -2.46. The minimum absolute atomic E-state index is 0.0751. The van der Waals surface area contributed by atoms with E-state index < -0.39 is 0 Å². The number of anilines is 1. The predicted octanol–water partition coefficient (Wildman–Crippen LogP) is 4.69. The number of amides is 1. The zero-order valence-electron chi connectivity index (χ0n) is 12.4. The van der Waals surface area contributed by atoms with Crippen LogP contribution in [0.4, 0.5) is 5.69 Å². The summed E-state index contributed by atoms with van der Waals surface area (Å²) < 4.78 is 0.788. The second kappa shape index (κ2) is 7.20. The second-order valence-corrected chi connectivity index (χ2v) is 6.02. The van der Waals surface area contributed by atoms with E-state index in [9.17, 15) is 4.79 Å². The number of para-hydroxylation sites is 1. The molecule has 0 aliphatic heterocycles. The smallest absolute Gasteiger partial charge is 0.260 e. The Morgan fingerprint density at radius 2 is 1.61 bits per heavy atom. The van der Waals surface area contributed by atoms with Gasteiger partial charge in [-0.3, -0.25) is 9.78 Å². The number of pyridine rings is 1. The molecule has 0 radical (unpaired) electrons. The quantitative estimate of drug-likeness (QED) is 0.670. The first kappa shape index (κ1) is 15.4. The molecule has 0 spiro atoms. The van der Waals surface area contributed by atoms with Crippen LogP contribution >= 0.6 is 15.9 Å². The summed E-state index contributed by atoms with van der Waals surface area (Å²) >= 11 is 3.37. The van der Waals surface area contributed by atoms with Gasteiger partial charge in [0.15, 0.2) is 0 Å². The Kier molecular flexibility index (Phi) is 4.83. The first-order chi connectivity index (χ1) is 11.2. The lowest BCUT2D eigenvalue weighted by Gasteiger charge is -2.23. The van der Waals surface area contributed by atoms with Crippen LogP contribution in [0.2, 0.25) is 0 Å². The zero-order chi connectivity index (χ0) is 16.1. The van der Waals surface area contributed by atoms with E-state index in [1.165, 1.54) is 0 Å². The van der Waals surface area contributed by atoms with Crippen LogP contribution in [0.25, 0.3) is 0 Å². The Morgan fingerprint density at radius 1 is 0.957 bits per heavy atom. The van der Waals surface area contributed by atoms with Crippen LogP contribution < -0.4 is 4.90 Å². The molecule has 1 aromatic heterocycles. The Balaban J connectivity index is 1.96. The maximum absolute atomic E-state index is 13.0. The standard InChI is InChI=1S/C19H15BrN2O/c20-17-11-16(12-21-13-17)19(23)22(18-9-5-2-6-10-18)14-15-7-3-1-4-8-15/h1-13H,14H2. The second-order valence-electron chi connectivity index (χ2n) is 5.10. The first-order valence-corrected chi connectivity index (χ1v) is 8.05. The summed E-state index contributed by atoms with van der Waals surface area (Å²) in [6, 6.07) is 21.4. The summed E-state index contributed by atoms with van der Waals surface area (Å²) in [5.74, 6) is -0.0751. The van der Waals surface area contributed by atoms with Crippen LogP contribution in [-0.4, -0.2) is 10.9 Å². The molecular formula is C19H15BrN2O. The van der Waals surface area contributed by atoms with Gasteiger partial charge in [-0.25, -0.2) is 0 Å². The lowest BCUT2D eigenvalue weighted by atomic mass is 10.1. The molecule has 0 aliphatic carbocycles. The third-order valence-corrected chi connectivity index (χ3v) is 3.88. The summed E-state index contributed by atoms with van der Waals surface area (Å²) in [6.07, 6.45) is 3.26. The Bertz CT molecular complexity index is 791. The van der Waals surface area contributed by atoms with Crippen molar-refractivity contribution in [3.63, 3.8) is 0 Å². The highest BCUT2D eigenvalue weighted by atomic mass is 79.9. The number of carbonyl (C=O) groups excluding carboxylic acids is 1. The van der Waals surface area contributed by atoms with Gasteiger partial charge in [-0.15, -0.1) is 0 Å². The lowest BCUT2D eigenvalue weighted by Crippen LogP contribution is -2.30. The first-order valence-electron chi connectivity index (χ1n) is 7.25. The molecule has 0 N–H and O–H groups in total. The summed E-state index contributed by atoms with van der Waals surface area (Å²) in [4.78, 5) is 18.8. The van der Waals surface area contributed by atoms with Crippen molar-refractivity contribution in [2.45, 2.75) is 6.54 Å². The van der Waals surface area contributed by atoms with Gasteiger partial charge in [0.05, 0.1) is 12.1 Å². The van der Waals surface area contributed by atoms with Crippen molar-refractivity contribution >= 4 is 27.5 Å². The highest BCUT2D eigenvalue weighted by molar-refractivity contribution is 9.10. The average Bonchev–Trinajstić information content (AvgIpc) is 2.61. The number of benzene rings is 2. The fourth-order valence-corrected chi connectivity index (χ4v) is 2.70. The fourth-order valence-electron chi connectivity index (χ4n) is 2.34. The van der Waals surface area contributed by atoms with Gasteiger partial charge in [0.2, 0.25) is 0 Å². The van der Waals surface area contributed by atoms with Crippen molar-refractivity contribution in [1.82, 2.24) is 4.98 Å². The monoisotopic (exact) mass is 366 g/mol. The molecule has 1 heterocycles. The number of rotatable bonds is 4. The maximum Gasteiger partial charge on any atom is 0.260 e. The van der Waals surface area contributed by atoms with E-state index in [2.05, 4.69) is 20.9 Å². The Morgan fingerprint density at radius 3 is 2.26 bits per heavy atom. The normalized spacial score (nSPS) is 10.3. The van der Waals surface area contributed by atoms with Crippen LogP contribution in [0, 0.1) is 0 Å². The predicted molar refractivity (Wildman–Crippen MR) is 95.3 cm³/mol. The number of hydrogen-bond donors (Lipinski definition) is 0. The van der Waals surface area contributed by atoms with Crippen molar-refractivity contribution in [2.24, 2.45) is 0 Å². The van der Waals surface area contributed by atoms with Crippen LogP contribution in [-0.2, 0) is 6.54 Å². The van der Waals surface area contributed by atoms with E-state index in [1.807, 2.05) is 60.7 Å². The molecular weight excluding hydrogens is 352 g/mol. The van der Waals surface area contributed by atoms with Crippen molar-refractivity contribution in [3.8, 4) is 0 Å². The van der Waals surface area contributed by atoms with E-state index >= 15 is 0 Å².